The number of unbranched alkanes of at least 4 members (excludes halogenated alkanes) is 1. The number of aliphatic hydroxyl groups excluding tert-OH is 1. The molecular weight excluding hydrogens is 266 g/mol. The van der Waals surface area contributed by atoms with E-state index in [0.717, 1.165) is 19.3 Å². The molecule has 1 unspecified atom stereocenters. The highest BCUT2D eigenvalue weighted by atomic mass is 16.3. The van der Waals surface area contributed by atoms with E-state index in [2.05, 4.69) is 27.2 Å². The Balaban J connectivity index is 2.41. The van der Waals surface area contributed by atoms with E-state index in [4.69, 9.17) is 5.73 Å². The number of hydrogen-bond donors (Lipinski definition) is 3. The normalized spacial score (nSPS) is 15.6. The van der Waals surface area contributed by atoms with Crippen LogP contribution in [0.25, 0.3) is 11.0 Å². The quantitative estimate of drug-likeness (QED) is 0.755. The van der Waals surface area contributed by atoms with Crippen molar-refractivity contribution >= 4 is 22.8 Å². The van der Waals surface area contributed by atoms with Gasteiger partial charge in [-0.25, -0.2) is 4.98 Å². The maximum Gasteiger partial charge on any atom is 0.222 e. The molecule has 2 atom stereocenters. The highest BCUT2D eigenvalue weighted by molar-refractivity contribution is 5.86. The highest BCUT2D eigenvalue weighted by Gasteiger charge is 2.30. The van der Waals surface area contributed by atoms with Crippen LogP contribution in [0.4, 0.5) is 11.8 Å². The van der Waals surface area contributed by atoms with Gasteiger partial charge in [0.25, 0.3) is 0 Å². The van der Waals surface area contributed by atoms with Crippen LogP contribution in [0.3, 0.4) is 0 Å². The number of nitrogen functional groups attached to an aromatic ring is 1. The zero-order valence-corrected chi connectivity index (χ0v) is 12.8. The number of nitrogens with one attached hydrogen (secondary N) is 1. The first-order valence-corrected chi connectivity index (χ1v) is 7.31. The van der Waals surface area contributed by atoms with Crippen LogP contribution in [-0.2, 0) is 0 Å². The fourth-order valence-electron chi connectivity index (χ4n) is 2.26. The van der Waals surface area contributed by atoms with Crippen molar-refractivity contribution in [2.45, 2.75) is 51.7 Å². The van der Waals surface area contributed by atoms with Crippen LogP contribution in [0.2, 0.25) is 0 Å². The first-order valence-electron chi connectivity index (χ1n) is 7.31. The van der Waals surface area contributed by atoms with E-state index in [1.807, 2.05) is 19.1 Å². The zero-order chi connectivity index (χ0) is 15.5. The molecule has 2 rings (SSSR count). The Labute approximate surface area is 124 Å². The number of nitrogens with zero attached hydrogens (tertiary/aromatic N) is 3. The average Bonchev–Trinajstić information content (AvgIpc) is 2.44. The fourth-order valence-corrected chi connectivity index (χ4v) is 2.26. The summed E-state index contributed by atoms with van der Waals surface area (Å²) >= 11 is 0. The van der Waals surface area contributed by atoms with Gasteiger partial charge in [-0.1, -0.05) is 19.8 Å². The summed E-state index contributed by atoms with van der Waals surface area (Å²) in [6.45, 7) is 5.89. The zero-order valence-electron chi connectivity index (χ0n) is 12.8. The van der Waals surface area contributed by atoms with Crippen molar-refractivity contribution < 1.29 is 5.11 Å². The number of anilines is 2. The molecule has 6 heteroatoms. The third-order valence-electron chi connectivity index (χ3n) is 3.85. The van der Waals surface area contributed by atoms with Gasteiger partial charge < -0.3 is 16.2 Å². The largest absolute Gasteiger partial charge is 0.391 e. The highest BCUT2D eigenvalue weighted by Crippen LogP contribution is 2.27. The molecule has 0 radical (unpaired) electrons. The number of hydrogen-bond acceptors (Lipinski definition) is 6. The maximum atomic E-state index is 10.1. The lowest BCUT2D eigenvalue weighted by Crippen LogP contribution is -2.45. The molecule has 0 aliphatic heterocycles. The van der Waals surface area contributed by atoms with E-state index in [0.29, 0.717) is 16.9 Å². The molecule has 4 N–H and O–H groups in total. The summed E-state index contributed by atoms with van der Waals surface area (Å²) in [5.41, 5.74) is 6.64. The summed E-state index contributed by atoms with van der Waals surface area (Å²) in [6.07, 6.45) is 4.08. The predicted octanol–water partition coefficient (Wildman–Crippen LogP) is 2.35. The summed E-state index contributed by atoms with van der Waals surface area (Å²) in [5, 5.41) is 13.5. The van der Waals surface area contributed by atoms with E-state index < -0.39 is 11.6 Å². The Morgan fingerprint density at radius 1 is 1.43 bits per heavy atom. The second kappa shape index (κ2) is 6.22. The van der Waals surface area contributed by atoms with E-state index in [1.54, 1.807) is 13.1 Å². The molecule has 0 aliphatic rings. The molecule has 0 fully saturated rings. The fraction of sp³-hybridized carbons (Fsp3) is 0.533. The van der Waals surface area contributed by atoms with Gasteiger partial charge in [-0.15, -0.1) is 0 Å². The lowest BCUT2D eigenvalue weighted by atomic mass is 9.89. The second-order valence-electron chi connectivity index (χ2n) is 5.62. The first kappa shape index (κ1) is 15.4. The van der Waals surface area contributed by atoms with Crippen molar-refractivity contribution in [3.63, 3.8) is 0 Å². The number of pyridine rings is 1. The Morgan fingerprint density at radius 2 is 2.19 bits per heavy atom. The first-order chi connectivity index (χ1) is 9.96. The Kier molecular flexibility index (Phi) is 4.57. The minimum absolute atomic E-state index is 0.196. The molecular formula is C15H23N5O. The number of nitrogens with two attached hydrogens (primary N) is 1. The standard InChI is InChI=1S/C15H23N5O/c1-4-5-8-15(3,10(2)21)20-13-12-11(7-6-9-17-12)18-14(16)19-13/h6-7,9-10,21H,4-5,8H2,1-3H3,(H3,16,18,19,20)/t10?,15-/m1/s1. The molecule has 2 aromatic rings. The number of rotatable bonds is 6. The third-order valence-corrected chi connectivity index (χ3v) is 3.85. The van der Waals surface area contributed by atoms with Gasteiger partial charge in [-0.3, -0.25) is 4.98 Å². The van der Waals surface area contributed by atoms with Crippen molar-refractivity contribution in [1.29, 1.82) is 0 Å². The monoisotopic (exact) mass is 289 g/mol. The SMILES string of the molecule is CCCC[C@@](C)(Nc1nc(N)nc2cccnc12)C(C)O. The lowest BCUT2D eigenvalue weighted by molar-refractivity contribution is 0.116. The molecule has 21 heavy (non-hydrogen) atoms. The van der Waals surface area contributed by atoms with E-state index in [9.17, 15) is 5.11 Å². The summed E-state index contributed by atoms with van der Waals surface area (Å²) < 4.78 is 0. The third kappa shape index (κ3) is 3.39. The van der Waals surface area contributed by atoms with Crippen molar-refractivity contribution in [1.82, 2.24) is 15.0 Å². The van der Waals surface area contributed by atoms with Crippen LogP contribution in [-0.4, -0.2) is 31.7 Å². The molecule has 0 aliphatic carbocycles. The van der Waals surface area contributed by atoms with Gasteiger partial charge in [0.15, 0.2) is 5.82 Å². The van der Waals surface area contributed by atoms with Crippen LogP contribution in [0.1, 0.15) is 40.0 Å². The molecule has 6 nitrogen and oxygen atoms in total. The van der Waals surface area contributed by atoms with E-state index >= 15 is 0 Å². The summed E-state index contributed by atoms with van der Waals surface area (Å²) in [7, 11) is 0. The van der Waals surface area contributed by atoms with Gasteiger partial charge in [0.1, 0.15) is 5.52 Å². The number of fused-ring (bicyclic) bond motifs is 1. The predicted molar refractivity (Wildman–Crippen MR) is 85.0 cm³/mol. The van der Waals surface area contributed by atoms with Crippen molar-refractivity contribution in [2.24, 2.45) is 0 Å². The Hall–Kier alpha value is -1.95. The maximum absolute atomic E-state index is 10.1. The smallest absolute Gasteiger partial charge is 0.222 e. The lowest BCUT2D eigenvalue weighted by Gasteiger charge is -2.34. The van der Waals surface area contributed by atoms with Crippen molar-refractivity contribution in [2.75, 3.05) is 11.1 Å². The number of aliphatic hydroxyl groups is 1. The summed E-state index contributed by atoms with van der Waals surface area (Å²) in [6, 6.07) is 3.65. The molecule has 0 bridgehead atoms. The van der Waals surface area contributed by atoms with Crippen LogP contribution in [0.5, 0.6) is 0 Å². The van der Waals surface area contributed by atoms with Gasteiger partial charge >= 0.3 is 0 Å². The molecule has 2 aromatic heterocycles. The minimum Gasteiger partial charge on any atom is -0.391 e. The molecule has 2 heterocycles. The number of aromatic nitrogens is 3. The van der Waals surface area contributed by atoms with Crippen LogP contribution >= 0.6 is 0 Å². The average molecular weight is 289 g/mol. The molecule has 114 valence electrons. The van der Waals surface area contributed by atoms with Gasteiger partial charge in [-0.2, -0.15) is 4.98 Å². The van der Waals surface area contributed by atoms with E-state index in [-0.39, 0.29) is 5.95 Å². The Bertz CT molecular complexity index is 616. The summed E-state index contributed by atoms with van der Waals surface area (Å²) in [5.74, 6) is 0.763. The van der Waals surface area contributed by atoms with Crippen LogP contribution in [0.15, 0.2) is 18.3 Å². The van der Waals surface area contributed by atoms with Crippen LogP contribution < -0.4 is 11.1 Å². The molecule has 0 amide bonds. The summed E-state index contributed by atoms with van der Waals surface area (Å²) in [4.78, 5) is 12.8. The van der Waals surface area contributed by atoms with E-state index in [1.165, 1.54) is 0 Å². The minimum atomic E-state index is -0.529. The van der Waals surface area contributed by atoms with Gasteiger partial charge in [0, 0.05) is 6.20 Å². The van der Waals surface area contributed by atoms with Gasteiger partial charge in [0.05, 0.1) is 17.2 Å². The van der Waals surface area contributed by atoms with Gasteiger partial charge in [-0.05, 0) is 32.4 Å². The molecule has 0 saturated heterocycles. The van der Waals surface area contributed by atoms with Crippen molar-refractivity contribution in [3.8, 4) is 0 Å². The van der Waals surface area contributed by atoms with Crippen molar-refractivity contribution in [3.05, 3.63) is 18.3 Å². The van der Waals surface area contributed by atoms with Crippen LogP contribution in [0, 0.1) is 0 Å². The molecule has 0 saturated carbocycles. The Morgan fingerprint density at radius 3 is 2.86 bits per heavy atom. The molecule has 0 aromatic carbocycles. The topological polar surface area (TPSA) is 97.0 Å². The molecule has 0 spiro atoms. The second-order valence-corrected chi connectivity index (χ2v) is 5.62. The van der Waals surface area contributed by atoms with Gasteiger partial charge in [0.2, 0.25) is 5.95 Å².